The second-order valence-corrected chi connectivity index (χ2v) is 5.19. The van der Waals surface area contributed by atoms with Crippen molar-refractivity contribution in [2.75, 3.05) is 0 Å². The van der Waals surface area contributed by atoms with Crippen LogP contribution < -0.4 is 5.46 Å². The van der Waals surface area contributed by atoms with Gasteiger partial charge in [-0.1, -0.05) is 42.5 Å². The molecule has 0 radical (unpaired) electrons. The van der Waals surface area contributed by atoms with E-state index >= 15 is 0 Å². The van der Waals surface area contributed by atoms with Gasteiger partial charge in [0.15, 0.2) is 0 Å². The summed E-state index contributed by atoms with van der Waals surface area (Å²) in [5.41, 5.74) is 2.98. The highest BCUT2D eigenvalue weighted by Gasteiger charge is 2.09. The molecule has 0 aliphatic carbocycles. The first-order valence-corrected chi connectivity index (χ1v) is 6.79. The Kier molecular flexibility index (Phi) is 4.47. The highest BCUT2D eigenvalue weighted by molar-refractivity contribution is 7.98. The smallest absolute Gasteiger partial charge is 0.423 e. The third kappa shape index (κ3) is 3.39. The first-order chi connectivity index (χ1) is 8.66. The van der Waals surface area contributed by atoms with Crippen molar-refractivity contribution < 1.29 is 10.0 Å². The van der Waals surface area contributed by atoms with E-state index in [0.717, 1.165) is 5.75 Å². The summed E-state index contributed by atoms with van der Waals surface area (Å²) in [7, 11) is -1.39. The minimum atomic E-state index is -1.39. The average molecular weight is 258 g/mol. The molecule has 18 heavy (non-hydrogen) atoms. The van der Waals surface area contributed by atoms with Gasteiger partial charge in [0.25, 0.3) is 0 Å². The van der Waals surface area contributed by atoms with Crippen molar-refractivity contribution in [1.82, 2.24) is 0 Å². The maximum Gasteiger partial charge on any atom is 0.488 e. The van der Waals surface area contributed by atoms with Gasteiger partial charge in [0.2, 0.25) is 0 Å². The monoisotopic (exact) mass is 258 g/mol. The number of hydrogen-bond acceptors (Lipinski definition) is 3. The molecule has 92 valence electrons. The summed E-state index contributed by atoms with van der Waals surface area (Å²) in [6, 6.07) is 15.7. The van der Waals surface area contributed by atoms with E-state index in [4.69, 9.17) is 10.0 Å². The lowest BCUT2D eigenvalue weighted by Crippen LogP contribution is -2.29. The SMILES string of the molecule is Cc1ccccc1SCc1ccc(B(O)O)cc1. The number of aryl methyl sites for hydroxylation is 1. The lowest BCUT2D eigenvalue weighted by Gasteiger charge is -2.06. The molecule has 2 nitrogen and oxygen atoms in total. The van der Waals surface area contributed by atoms with Crippen molar-refractivity contribution in [2.45, 2.75) is 17.6 Å². The second-order valence-electron chi connectivity index (χ2n) is 4.17. The van der Waals surface area contributed by atoms with Crippen molar-refractivity contribution in [1.29, 1.82) is 0 Å². The van der Waals surface area contributed by atoms with Gasteiger partial charge >= 0.3 is 7.12 Å². The van der Waals surface area contributed by atoms with Crippen molar-refractivity contribution in [2.24, 2.45) is 0 Å². The van der Waals surface area contributed by atoms with Crippen LogP contribution in [0, 0.1) is 6.92 Å². The Balaban J connectivity index is 2.00. The normalized spacial score (nSPS) is 10.4. The van der Waals surface area contributed by atoms with E-state index < -0.39 is 7.12 Å². The Morgan fingerprint density at radius 1 is 1.00 bits per heavy atom. The number of benzene rings is 2. The van der Waals surface area contributed by atoms with E-state index in [1.807, 2.05) is 24.3 Å². The lowest BCUT2D eigenvalue weighted by molar-refractivity contribution is 0.426. The second kappa shape index (κ2) is 6.09. The Bertz CT molecular complexity index is 511. The summed E-state index contributed by atoms with van der Waals surface area (Å²) >= 11 is 1.79. The predicted molar refractivity (Wildman–Crippen MR) is 77.0 cm³/mol. The largest absolute Gasteiger partial charge is 0.488 e. The minimum absolute atomic E-state index is 0.527. The number of thioether (sulfide) groups is 1. The van der Waals surface area contributed by atoms with Gasteiger partial charge in [0.05, 0.1) is 0 Å². The van der Waals surface area contributed by atoms with Crippen LogP contribution in [0.15, 0.2) is 53.4 Å². The van der Waals surface area contributed by atoms with E-state index in [0.29, 0.717) is 5.46 Å². The van der Waals surface area contributed by atoms with Crippen LogP contribution in [0.4, 0.5) is 0 Å². The Hall–Kier alpha value is -1.23. The third-order valence-electron chi connectivity index (χ3n) is 2.77. The summed E-state index contributed by atoms with van der Waals surface area (Å²) in [5.74, 6) is 0.882. The number of rotatable bonds is 4. The van der Waals surface area contributed by atoms with Gasteiger partial charge in [0, 0.05) is 10.6 Å². The summed E-state index contributed by atoms with van der Waals surface area (Å²) in [6.07, 6.45) is 0. The van der Waals surface area contributed by atoms with E-state index in [-0.39, 0.29) is 0 Å². The van der Waals surface area contributed by atoms with Crippen LogP contribution in [-0.2, 0) is 5.75 Å². The average Bonchev–Trinajstić information content (AvgIpc) is 2.38. The predicted octanol–water partition coefficient (Wildman–Crippen LogP) is 1.97. The molecule has 0 unspecified atom stereocenters. The molecule has 0 saturated carbocycles. The standard InChI is InChI=1S/C14H15BO2S/c1-11-4-2-3-5-14(11)18-10-12-6-8-13(9-7-12)15(16)17/h2-9,16-17H,10H2,1H3. The van der Waals surface area contributed by atoms with Crippen LogP contribution in [0.25, 0.3) is 0 Å². The van der Waals surface area contributed by atoms with Crippen molar-refractivity contribution in [3.05, 3.63) is 59.7 Å². The molecule has 0 aromatic heterocycles. The van der Waals surface area contributed by atoms with E-state index in [1.54, 1.807) is 23.9 Å². The zero-order valence-corrected chi connectivity index (χ0v) is 11.0. The van der Waals surface area contributed by atoms with Gasteiger partial charge in [-0.2, -0.15) is 0 Å². The summed E-state index contributed by atoms with van der Waals surface area (Å²) in [5, 5.41) is 18.0. The molecule has 0 amide bonds. The summed E-state index contributed by atoms with van der Waals surface area (Å²) in [4.78, 5) is 1.28. The molecule has 0 aliphatic rings. The molecular formula is C14H15BO2S. The van der Waals surface area contributed by atoms with Crippen LogP contribution in [0.1, 0.15) is 11.1 Å². The van der Waals surface area contributed by atoms with Crippen LogP contribution in [0.2, 0.25) is 0 Å². The molecule has 2 N–H and O–H groups in total. The van der Waals surface area contributed by atoms with Gasteiger partial charge in [-0.15, -0.1) is 11.8 Å². The summed E-state index contributed by atoms with van der Waals surface area (Å²) < 4.78 is 0. The van der Waals surface area contributed by atoms with E-state index in [9.17, 15) is 0 Å². The maximum absolute atomic E-state index is 9.01. The van der Waals surface area contributed by atoms with Crippen LogP contribution in [-0.4, -0.2) is 17.2 Å². The molecular weight excluding hydrogens is 243 g/mol. The van der Waals surface area contributed by atoms with Crippen LogP contribution in [0.5, 0.6) is 0 Å². The molecule has 0 atom stereocenters. The Morgan fingerprint density at radius 3 is 2.28 bits per heavy atom. The molecule has 4 heteroatoms. The molecule has 2 aromatic carbocycles. The Morgan fingerprint density at radius 2 is 1.67 bits per heavy atom. The molecule has 0 bridgehead atoms. The lowest BCUT2D eigenvalue weighted by atomic mass is 9.80. The maximum atomic E-state index is 9.01. The fourth-order valence-corrected chi connectivity index (χ4v) is 2.65. The van der Waals surface area contributed by atoms with Crippen molar-refractivity contribution in [3.8, 4) is 0 Å². The number of hydrogen-bond donors (Lipinski definition) is 2. The highest BCUT2D eigenvalue weighted by Crippen LogP contribution is 2.25. The minimum Gasteiger partial charge on any atom is -0.423 e. The fourth-order valence-electron chi connectivity index (χ4n) is 1.67. The zero-order chi connectivity index (χ0) is 13.0. The first kappa shape index (κ1) is 13.2. The molecule has 0 saturated heterocycles. The topological polar surface area (TPSA) is 40.5 Å². The Labute approximate surface area is 112 Å². The molecule has 0 fully saturated rings. The van der Waals surface area contributed by atoms with Gasteiger partial charge in [-0.3, -0.25) is 0 Å². The first-order valence-electron chi connectivity index (χ1n) is 5.80. The van der Waals surface area contributed by atoms with Crippen LogP contribution in [0.3, 0.4) is 0 Å². The molecule has 2 rings (SSSR count). The van der Waals surface area contributed by atoms with Gasteiger partial charge in [-0.05, 0) is 29.6 Å². The molecule has 0 spiro atoms. The van der Waals surface area contributed by atoms with Gasteiger partial charge < -0.3 is 10.0 Å². The molecule has 0 heterocycles. The van der Waals surface area contributed by atoms with Crippen molar-refractivity contribution >= 4 is 24.3 Å². The van der Waals surface area contributed by atoms with Gasteiger partial charge in [0.1, 0.15) is 0 Å². The molecule has 0 aliphatic heterocycles. The van der Waals surface area contributed by atoms with Gasteiger partial charge in [-0.25, -0.2) is 0 Å². The quantitative estimate of drug-likeness (QED) is 0.650. The third-order valence-corrected chi connectivity index (χ3v) is 4.01. The van der Waals surface area contributed by atoms with E-state index in [2.05, 4.69) is 19.1 Å². The molecule has 2 aromatic rings. The summed E-state index contributed by atoms with van der Waals surface area (Å²) in [6.45, 7) is 2.10. The van der Waals surface area contributed by atoms with Crippen molar-refractivity contribution in [3.63, 3.8) is 0 Å². The fraction of sp³-hybridized carbons (Fsp3) is 0.143. The highest BCUT2D eigenvalue weighted by atomic mass is 32.2. The van der Waals surface area contributed by atoms with E-state index in [1.165, 1.54) is 16.0 Å². The zero-order valence-electron chi connectivity index (χ0n) is 10.2. The van der Waals surface area contributed by atoms with Crippen LogP contribution >= 0.6 is 11.8 Å².